The van der Waals surface area contributed by atoms with Gasteiger partial charge in [-0.15, -0.1) is 0 Å². The SMILES string of the molecule is CC(C)(C)NCc1ccnc(Oc2cc(F)cc(Br)c2)c1. The molecule has 5 heteroatoms. The molecule has 0 bridgehead atoms. The number of rotatable bonds is 4. The van der Waals surface area contributed by atoms with Crippen LogP contribution in [-0.2, 0) is 6.54 Å². The first-order chi connectivity index (χ1) is 9.82. The summed E-state index contributed by atoms with van der Waals surface area (Å²) in [4.78, 5) is 4.15. The van der Waals surface area contributed by atoms with Crippen LogP contribution in [0.2, 0.25) is 0 Å². The molecule has 0 aliphatic carbocycles. The number of halogens is 2. The average molecular weight is 353 g/mol. The van der Waals surface area contributed by atoms with Crippen LogP contribution in [0, 0.1) is 5.82 Å². The molecule has 1 aromatic heterocycles. The van der Waals surface area contributed by atoms with Crippen molar-refractivity contribution >= 4 is 15.9 Å². The first-order valence-electron chi connectivity index (χ1n) is 6.66. The van der Waals surface area contributed by atoms with Gasteiger partial charge < -0.3 is 10.1 Å². The minimum atomic E-state index is -0.357. The van der Waals surface area contributed by atoms with Crippen molar-refractivity contribution in [3.63, 3.8) is 0 Å². The van der Waals surface area contributed by atoms with Gasteiger partial charge >= 0.3 is 0 Å². The van der Waals surface area contributed by atoms with Crippen molar-refractivity contribution in [2.24, 2.45) is 0 Å². The highest BCUT2D eigenvalue weighted by atomic mass is 79.9. The lowest BCUT2D eigenvalue weighted by Gasteiger charge is -2.20. The van der Waals surface area contributed by atoms with Crippen LogP contribution in [0.5, 0.6) is 11.6 Å². The zero-order valence-corrected chi connectivity index (χ0v) is 13.9. The third-order valence-electron chi connectivity index (χ3n) is 2.68. The summed E-state index contributed by atoms with van der Waals surface area (Å²) in [5, 5.41) is 3.40. The summed E-state index contributed by atoms with van der Waals surface area (Å²) in [5.74, 6) is 0.501. The lowest BCUT2D eigenvalue weighted by atomic mass is 10.1. The number of nitrogens with one attached hydrogen (secondary N) is 1. The van der Waals surface area contributed by atoms with Crippen molar-refractivity contribution in [3.05, 3.63) is 52.4 Å². The van der Waals surface area contributed by atoms with E-state index in [1.807, 2.05) is 12.1 Å². The number of ether oxygens (including phenoxy) is 1. The summed E-state index contributed by atoms with van der Waals surface area (Å²) >= 11 is 3.24. The highest BCUT2D eigenvalue weighted by molar-refractivity contribution is 9.10. The monoisotopic (exact) mass is 352 g/mol. The van der Waals surface area contributed by atoms with E-state index in [4.69, 9.17) is 4.74 Å². The van der Waals surface area contributed by atoms with Gasteiger partial charge in [-0.25, -0.2) is 9.37 Å². The van der Waals surface area contributed by atoms with E-state index in [0.717, 1.165) is 12.1 Å². The second-order valence-corrected chi connectivity index (χ2v) is 6.73. The van der Waals surface area contributed by atoms with E-state index in [0.29, 0.717) is 16.1 Å². The van der Waals surface area contributed by atoms with Crippen LogP contribution in [-0.4, -0.2) is 10.5 Å². The highest BCUT2D eigenvalue weighted by Crippen LogP contribution is 2.25. The van der Waals surface area contributed by atoms with Crippen LogP contribution in [0.15, 0.2) is 41.0 Å². The maximum Gasteiger partial charge on any atom is 0.219 e. The van der Waals surface area contributed by atoms with E-state index in [1.54, 1.807) is 12.3 Å². The maximum absolute atomic E-state index is 13.3. The zero-order chi connectivity index (χ0) is 15.5. The molecule has 0 spiro atoms. The summed E-state index contributed by atoms with van der Waals surface area (Å²) < 4.78 is 19.6. The van der Waals surface area contributed by atoms with E-state index in [1.165, 1.54) is 12.1 Å². The quantitative estimate of drug-likeness (QED) is 0.868. The Bertz CT molecular complexity index is 606. The molecule has 0 saturated carbocycles. The summed E-state index contributed by atoms with van der Waals surface area (Å²) in [5.41, 5.74) is 1.10. The van der Waals surface area contributed by atoms with Crippen LogP contribution in [0.4, 0.5) is 4.39 Å². The zero-order valence-electron chi connectivity index (χ0n) is 12.3. The minimum Gasteiger partial charge on any atom is -0.439 e. The Morgan fingerprint density at radius 3 is 2.67 bits per heavy atom. The molecule has 2 rings (SSSR count). The van der Waals surface area contributed by atoms with E-state index >= 15 is 0 Å². The molecular formula is C16H18BrFN2O. The van der Waals surface area contributed by atoms with Gasteiger partial charge in [0.05, 0.1) is 0 Å². The van der Waals surface area contributed by atoms with Gasteiger partial charge in [0.2, 0.25) is 5.88 Å². The number of nitrogens with zero attached hydrogens (tertiary/aromatic N) is 1. The van der Waals surface area contributed by atoms with Crippen molar-refractivity contribution in [1.29, 1.82) is 0 Å². The summed E-state index contributed by atoms with van der Waals surface area (Å²) in [6.07, 6.45) is 1.68. The van der Waals surface area contributed by atoms with Gasteiger partial charge in [0, 0.05) is 34.9 Å². The Labute approximate surface area is 132 Å². The van der Waals surface area contributed by atoms with E-state index in [9.17, 15) is 4.39 Å². The Hall–Kier alpha value is -1.46. The molecule has 21 heavy (non-hydrogen) atoms. The Balaban J connectivity index is 2.10. The van der Waals surface area contributed by atoms with Crippen molar-refractivity contribution in [1.82, 2.24) is 10.3 Å². The van der Waals surface area contributed by atoms with Crippen LogP contribution < -0.4 is 10.1 Å². The first-order valence-corrected chi connectivity index (χ1v) is 7.45. The molecule has 0 aliphatic heterocycles. The molecule has 0 radical (unpaired) electrons. The molecule has 1 aromatic carbocycles. The first kappa shape index (κ1) is 15.9. The fraction of sp³-hybridized carbons (Fsp3) is 0.312. The average Bonchev–Trinajstić information content (AvgIpc) is 2.35. The molecule has 0 amide bonds. The fourth-order valence-electron chi connectivity index (χ4n) is 1.69. The van der Waals surface area contributed by atoms with Crippen LogP contribution in [0.25, 0.3) is 0 Å². The Morgan fingerprint density at radius 1 is 1.24 bits per heavy atom. The number of hydrogen-bond donors (Lipinski definition) is 1. The highest BCUT2D eigenvalue weighted by Gasteiger charge is 2.09. The lowest BCUT2D eigenvalue weighted by Crippen LogP contribution is -2.35. The van der Waals surface area contributed by atoms with E-state index in [2.05, 4.69) is 47.0 Å². The number of hydrogen-bond acceptors (Lipinski definition) is 3. The second kappa shape index (κ2) is 6.54. The fourth-order valence-corrected chi connectivity index (χ4v) is 2.14. The van der Waals surface area contributed by atoms with Crippen molar-refractivity contribution in [3.8, 4) is 11.6 Å². The van der Waals surface area contributed by atoms with Crippen molar-refractivity contribution in [2.45, 2.75) is 32.9 Å². The van der Waals surface area contributed by atoms with Gasteiger partial charge in [0.15, 0.2) is 0 Å². The molecule has 1 heterocycles. The molecule has 0 fully saturated rings. The lowest BCUT2D eigenvalue weighted by molar-refractivity contribution is 0.421. The van der Waals surface area contributed by atoms with Crippen molar-refractivity contribution < 1.29 is 9.13 Å². The van der Waals surface area contributed by atoms with Crippen molar-refractivity contribution in [2.75, 3.05) is 0 Å². The smallest absolute Gasteiger partial charge is 0.219 e. The third kappa shape index (κ3) is 5.44. The van der Waals surface area contributed by atoms with E-state index < -0.39 is 0 Å². The normalized spacial score (nSPS) is 11.5. The molecule has 0 aliphatic rings. The molecule has 112 valence electrons. The number of benzene rings is 1. The second-order valence-electron chi connectivity index (χ2n) is 5.81. The van der Waals surface area contributed by atoms with Gasteiger partial charge in [0.25, 0.3) is 0 Å². The van der Waals surface area contributed by atoms with Crippen LogP contribution in [0.3, 0.4) is 0 Å². The van der Waals surface area contributed by atoms with Crippen LogP contribution >= 0.6 is 15.9 Å². The molecule has 0 atom stereocenters. The summed E-state index contributed by atoms with van der Waals surface area (Å²) in [7, 11) is 0. The standard InChI is InChI=1S/C16H18BrFN2O/c1-16(2,3)20-10-11-4-5-19-15(6-11)21-14-8-12(17)7-13(18)9-14/h4-9,20H,10H2,1-3H3. The molecular weight excluding hydrogens is 335 g/mol. The molecule has 2 aromatic rings. The molecule has 0 saturated heterocycles. The van der Waals surface area contributed by atoms with E-state index in [-0.39, 0.29) is 11.4 Å². The third-order valence-corrected chi connectivity index (χ3v) is 3.14. The van der Waals surface area contributed by atoms with Gasteiger partial charge in [-0.3, -0.25) is 0 Å². The van der Waals surface area contributed by atoms with Gasteiger partial charge in [-0.2, -0.15) is 0 Å². The minimum absolute atomic E-state index is 0.0394. The van der Waals surface area contributed by atoms with Gasteiger partial charge in [-0.05, 0) is 44.5 Å². The van der Waals surface area contributed by atoms with Gasteiger partial charge in [-0.1, -0.05) is 15.9 Å². The van der Waals surface area contributed by atoms with Crippen LogP contribution in [0.1, 0.15) is 26.3 Å². The summed E-state index contributed by atoms with van der Waals surface area (Å²) in [6.45, 7) is 7.04. The Morgan fingerprint density at radius 2 is 2.00 bits per heavy atom. The predicted octanol–water partition coefficient (Wildman–Crippen LogP) is 4.66. The summed E-state index contributed by atoms with van der Waals surface area (Å²) in [6, 6.07) is 8.17. The largest absolute Gasteiger partial charge is 0.439 e. The number of aromatic nitrogens is 1. The van der Waals surface area contributed by atoms with Gasteiger partial charge in [0.1, 0.15) is 11.6 Å². The topological polar surface area (TPSA) is 34.2 Å². The molecule has 3 nitrogen and oxygen atoms in total. The maximum atomic E-state index is 13.3. The molecule has 0 unspecified atom stereocenters. The Kier molecular flexibility index (Phi) is 4.96. The molecule has 1 N–H and O–H groups in total. The predicted molar refractivity (Wildman–Crippen MR) is 85.0 cm³/mol. The number of pyridine rings is 1.